The van der Waals surface area contributed by atoms with Crippen LogP contribution < -0.4 is 5.32 Å². The number of hydrogen-bond acceptors (Lipinski definition) is 5. The molecule has 1 N–H and O–H groups in total. The Morgan fingerprint density at radius 2 is 1.92 bits per heavy atom. The first-order valence-electron chi connectivity index (χ1n) is 6.95. The lowest BCUT2D eigenvalue weighted by atomic mass is 10.1. The van der Waals surface area contributed by atoms with Crippen LogP contribution in [0.15, 0.2) is 36.4 Å². The van der Waals surface area contributed by atoms with E-state index in [-0.39, 0.29) is 11.3 Å². The molecule has 7 nitrogen and oxygen atoms in total. The van der Waals surface area contributed by atoms with Crippen molar-refractivity contribution in [3.63, 3.8) is 0 Å². The molecule has 0 aliphatic heterocycles. The van der Waals surface area contributed by atoms with Gasteiger partial charge in [-0.1, -0.05) is 6.07 Å². The third kappa shape index (κ3) is 4.56. The SMILES string of the molecule is Cc1ccc(C(=O)OCC(=O)Nc2cc(F)ccc2F)cc1[N+](=O)[O-]. The second-order valence-electron chi connectivity index (χ2n) is 5.01. The first-order chi connectivity index (χ1) is 11.8. The molecule has 0 bridgehead atoms. The molecule has 0 aliphatic carbocycles. The first-order valence-corrected chi connectivity index (χ1v) is 6.95. The van der Waals surface area contributed by atoms with E-state index in [0.717, 1.165) is 24.3 Å². The largest absolute Gasteiger partial charge is 0.452 e. The van der Waals surface area contributed by atoms with E-state index in [9.17, 15) is 28.5 Å². The number of carbonyl (C=O) groups excluding carboxylic acids is 2. The van der Waals surface area contributed by atoms with Gasteiger partial charge in [0, 0.05) is 17.7 Å². The molecule has 0 aliphatic rings. The fourth-order valence-electron chi connectivity index (χ4n) is 1.93. The van der Waals surface area contributed by atoms with Crippen LogP contribution in [-0.2, 0) is 9.53 Å². The van der Waals surface area contributed by atoms with Crippen molar-refractivity contribution in [3.8, 4) is 0 Å². The molecule has 0 unspecified atom stereocenters. The molecule has 0 radical (unpaired) electrons. The summed E-state index contributed by atoms with van der Waals surface area (Å²) >= 11 is 0. The van der Waals surface area contributed by atoms with Crippen LogP contribution in [0, 0.1) is 28.7 Å². The van der Waals surface area contributed by atoms with Gasteiger partial charge >= 0.3 is 5.97 Å². The summed E-state index contributed by atoms with van der Waals surface area (Å²) in [6.45, 7) is 0.741. The molecule has 0 heterocycles. The van der Waals surface area contributed by atoms with Crippen LogP contribution in [0.25, 0.3) is 0 Å². The fraction of sp³-hybridized carbons (Fsp3) is 0.125. The zero-order valence-corrected chi connectivity index (χ0v) is 12.9. The number of benzene rings is 2. The average molecular weight is 350 g/mol. The molecule has 2 aromatic rings. The molecule has 25 heavy (non-hydrogen) atoms. The topological polar surface area (TPSA) is 98.5 Å². The van der Waals surface area contributed by atoms with Gasteiger partial charge in [0.2, 0.25) is 0 Å². The Bertz CT molecular complexity index is 854. The van der Waals surface area contributed by atoms with Gasteiger partial charge in [0.05, 0.1) is 16.2 Å². The summed E-state index contributed by atoms with van der Waals surface area (Å²) in [5.74, 6) is -3.45. The highest BCUT2D eigenvalue weighted by Crippen LogP contribution is 2.20. The molecular weight excluding hydrogens is 338 g/mol. The van der Waals surface area contributed by atoms with Crippen molar-refractivity contribution in [1.82, 2.24) is 0 Å². The van der Waals surface area contributed by atoms with Crippen LogP contribution in [-0.4, -0.2) is 23.4 Å². The van der Waals surface area contributed by atoms with Gasteiger partial charge in [0.1, 0.15) is 11.6 Å². The summed E-state index contributed by atoms with van der Waals surface area (Å²) in [6.07, 6.45) is 0. The van der Waals surface area contributed by atoms with Crippen molar-refractivity contribution in [2.45, 2.75) is 6.92 Å². The minimum Gasteiger partial charge on any atom is -0.452 e. The van der Waals surface area contributed by atoms with Gasteiger partial charge in [-0.2, -0.15) is 0 Å². The highest BCUT2D eigenvalue weighted by Gasteiger charge is 2.17. The lowest BCUT2D eigenvalue weighted by molar-refractivity contribution is -0.385. The summed E-state index contributed by atoms with van der Waals surface area (Å²) < 4.78 is 31.1. The molecule has 0 aromatic heterocycles. The highest BCUT2D eigenvalue weighted by molar-refractivity contribution is 5.95. The number of rotatable bonds is 5. The zero-order chi connectivity index (χ0) is 18.6. The van der Waals surface area contributed by atoms with E-state index >= 15 is 0 Å². The summed E-state index contributed by atoms with van der Waals surface area (Å²) in [4.78, 5) is 33.7. The van der Waals surface area contributed by atoms with Crippen LogP contribution in [0.1, 0.15) is 15.9 Å². The van der Waals surface area contributed by atoms with Gasteiger partial charge in [-0.15, -0.1) is 0 Å². The lowest BCUT2D eigenvalue weighted by Gasteiger charge is -2.08. The number of halogens is 2. The Labute approximate surface area is 140 Å². The fourth-order valence-corrected chi connectivity index (χ4v) is 1.93. The molecule has 2 rings (SSSR count). The van der Waals surface area contributed by atoms with Gasteiger partial charge < -0.3 is 10.1 Å². The number of carbonyl (C=O) groups is 2. The van der Waals surface area contributed by atoms with E-state index in [1.54, 1.807) is 0 Å². The zero-order valence-electron chi connectivity index (χ0n) is 12.9. The molecular formula is C16H12F2N2O5. The van der Waals surface area contributed by atoms with Crippen molar-refractivity contribution in [3.05, 3.63) is 69.3 Å². The maximum atomic E-state index is 13.4. The van der Waals surface area contributed by atoms with Crippen molar-refractivity contribution in [1.29, 1.82) is 0 Å². The lowest BCUT2D eigenvalue weighted by Crippen LogP contribution is -2.21. The molecule has 0 saturated carbocycles. The number of amides is 1. The second kappa shape index (κ2) is 7.47. The van der Waals surface area contributed by atoms with E-state index in [2.05, 4.69) is 5.32 Å². The number of hydrogen-bond donors (Lipinski definition) is 1. The Morgan fingerprint density at radius 3 is 2.60 bits per heavy atom. The molecule has 1 amide bonds. The molecule has 0 fully saturated rings. The predicted octanol–water partition coefficient (Wildman–Crippen LogP) is 2.98. The number of aryl methyl sites for hydroxylation is 1. The smallest absolute Gasteiger partial charge is 0.338 e. The number of ether oxygens (including phenoxy) is 1. The maximum Gasteiger partial charge on any atom is 0.338 e. The van der Waals surface area contributed by atoms with Gasteiger partial charge in [-0.05, 0) is 25.1 Å². The van der Waals surface area contributed by atoms with Crippen LogP contribution >= 0.6 is 0 Å². The monoisotopic (exact) mass is 350 g/mol. The van der Waals surface area contributed by atoms with E-state index in [0.29, 0.717) is 5.56 Å². The van der Waals surface area contributed by atoms with Crippen molar-refractivity contribution in [2.75, 3.05) is 11.9 Å². The highest BCUT2D eigenvalue weighted by atomic mass is 19.1. The third-order valence-corrected chi connectivity index (χ3v) is 3.18. The molecule has 0 spiro atoms. The maximum absolute atomic E-state index is 13.4. The summed E-state index contributed by atoms with van der Waals surface area (Å²) in [7, 11) is 0. The number of anilines is 1. The summed E-state index contributed by atoms with van der Waals surface area (Å²) in [5, 5.41) is 12.9. The number of nitro groups is 1. The van der Waals surface area contributed by atoms with Crippen LogP contribution in [0.3, 0.4) is 0 Å². The summed E-state index contributed by atoms with van der Waals surface area (Å²) in [6, 6.07) is 6.21. The Kier molecular flexibility index (Phi) is 5.38. The summed E-state index contributed by atoms with van der Waals surface area (Å²) in [5.41, 5.74) is -0.407. The molecule has 2 aromatic carbocycles. The minimum atomic E-state index is -0.960. The van der Waals surface area contributed by atoms with Crippen molar-refractivity contribution < 1.29 is 28.0 Å². The van der Waals surface area contributed by atoms with Gasteiger partial charge in [0.15, 0.2) is 6.61 Å². The quantitative estimate of drug-likeness (QED) is 0.508. The van der Waals surface area contributed by atoms with Crippen LogP contribution in [0.5, 0.6) is 0 Å². The normalized spacial score (nSPS) is 10.2. The van der Waals surface area contributed by atoms with Gasteiger partial charge in [0.25, 0.3) is 11.6 Å². The number of nitrogens with zero attached hydrogens (tertiary/aromatic N) is 1. The molecule has 130 valence electrons. The standard InChI is InChI=1S/C16H12F2N2O5/c1-9-2-3-10(6-14(9)20(23)24)16(22)25-8-15(21)19-13-7-11(17)4-5-12(13)18/h2-7H,8H2,1H3,(H,19,21). The molecule has 0 atom stereocenters. The van der Waals surface area contributed by atoms with Crippen LogP contribution in [0.2, 0.25) is 0 Å². The Hall–Kier alpha value is -3.36. The van der Waals surface area contributed by atoms with E-state index in [4.69, 9.17) is 4.74 Å². The van der Waals surface area contributed by atoms with Crippen LogP contribution in [0.4, 0.5) is 20.2 Å². The Morgan fingerprint density at radius 1 is 1.20 bits per heavy atom. The van der Waals surface area contributed by atoms with Gasteiger partial charge in [-0.25, -0.2) is 13.6 Å². The third-order valence-electron chi connectivity index (χ3n) is 3.18. The molecule has 0 saturated heterocycles. The number of nitro benzene ring substituents is 1. The van der Waals surface area contributed by atoms with E-state index in [1.807, 2.05) is 0 Å². The average Bonchev–Trinajstić information content (AvgIpc) is 2.56. The predicted molar refractivity (Wildman–Crippen MR) is 83.1 cm³/mol. The van der Waals surface area contributed by atoms with Crippen molar-refractivity contribution >= 4 is 23.3 Å². The van der Waals surface area contributed by atoms with E-state index in [1.165, 1.54) is 19.1 Å². The van der Waals surface area contributed by atoms with Crippen molar-refractivity contribution in [2.24, 2.45) is 0 Å². The minimum absolute atomic E-state index is 0.109. The first kappa shape index (κ1) is 18.0. The number of esters is 1. The second-order valence-corrected chi connectivity index (χ2v) is 5.01. The van der Waals surface area contributed by atoms with Gasteiger partial charge in [-0.3, -0.25) is 14.9 Å². The molecule has 9 heteroatoms. The van der Waals surface area contributed by atoms with E-state index < -0.39 is 40.7 Å². The Balaban J connectivity index is 2.00. The number of nitrogens with one attached hydrogen (secondary N) is 1.